The van der Waals surface area contributed by atoms with Crippen molar-refractivity contribution in [3.8, 4) is 0 Å². The number of aromatic nitrogens is 3. The molecule has 0 radical (unpaired) electrons. The van der Waals surface area contributed by atoms with Gasteiger partial charge in [-0.05, 0) is 37.8 Å². The summed E-state index contributed by atoms with van der Waals surface area (Å²) < 4.78 is 2.00. The molecule has 0 spiro atoms. The number of nitrogens with zero attached hydrogens (tertiary/aromatic N) is 3. The average molecular weight is 305 g/mol. The predicted molar refractivity (Wildman–Crippen MR) is 81.6 cm³/mol. The highest BCUT2D eigenvalue weighted by Gasteiger charge is 2.28. The van der Waals surface area contributed by atoms with Crippen LogP contribution in [-0.4, -0.2) is 20.7 Å². The quantitative estimate of drug-likeness (QED) is 0.944. The van der Waals surface area contributed by atoms with Crippen molar-refractivity contribution in [1.29, 1.82) is 0 Å². The SMILES string of the molecule is Cc1cccc(CC(=O)Nc2nnc(C)n2C2CC2)c1Cl. The molecule has 0 unspecified atom stereocenters. The lowest BCUT2D eigenvalue weighted by Crippen LogP contribution is -2.18. The van der Waals surface area contributed by atoms with Gasteiger partial charge in [-0.1, -0.05) is 29.8 Å². The molecule has 0 bridgehead atoms. The van der Waals surface area contributed by atoms with E-state index < -0.39 is 0 Å². The third-order valence-corrected chi connectivity index (χ3v) is 4.19. The number of anilines is 1. The average Bonchev–Trinajstić information content (AvgIpc) is 3.20. The van der Waals surface area contributed by atoms with E-state index in [1.807, 2.05) is 36.6 Å². The van der Waals surface area contributed by atoms with Gasteiger partial charge in [-0.25, -0.2) is 0 Å². The van der Waals surface area contributed by atoms with E-state index >= 15 is 0 Å². The van der Waals surface area contributed by atoms with Gasteiger partial charge in [0.05, 0.1) is 6.42 Å². The Hall–Kier alpha value is -1.88. The number of halogens is 1. The van der Waals surface area contributed by atoms with Gasteiger partial charge in [0.25, 0.3) is 0 Å². The van der Waals surface area contributed by atoms with Crippen molar-refractivity contribution >= 4 is 23.5 Å². The van der Waals surface area contributed by atoms with Crippen LogP contribution in [0.2, 0.25) is 5.02 Å². The van der Waals surface area contributed by atoms with Crippen LogP contribution in [-0.2, 0) is 11.2 Å². The molecule has 110 valence electrons. The van der Waals surface area contributed by atoms with Crippen LogP contribution in [0.25, 0.3) is 0 Å². The van der Waals surface area contributed by atoms with Crippen LogP contribution in [0.5, 0.6) is 0 Å². The number of carbonyl (C=O) groups excluding carboxylic acids is 1. The molecule has 1 aliphatic carbocycles. The van der Waals surface area contributed by atoms with Crippen molar-refractivity contribution in [2.24, 2.45) is 0 Å². The van der Waals surface area contributed by atoms with Gasteiger partial charge in [0.2, 0.25) is 11.9 Å². The number of rotatable bonds is 4. The minimum Gasteiger partial charge on any atom is -0.294 e. The second kappa shape index (κ2) is 5.48. The van der Waals surface area contributed by atoms with Gasteiger partial charge in [-0.15, -0.1) is 10.2 Å². The van der Waals surface area contributed by atoms with Crippen LogP contribution >= 0.6 is 11.6 Å². The van der Waals surface area contributed by atoms with Crippen molar-refractivity contribution in [2.75, 3.05) is 5.32 Å². The number of benzene rings is 1. The van der Waals surface area contributed by atoms with Gasteiger partial charge < -0.3 is 0 Å². The van der Waals surface area contributed by atoms with E-state index in [1.54, 1.807) is 0 Å². The maximum atomic E-state index is 12.2. The Bertz CT molecular complexity index is 691. The first kappa shape index (κ1) is 14.1. The Balaban J connectivity index is 1.74. The fourth-order valence-electron chi connectivity index (χ4n) is 2.41. The molecule has 1 N–H and O–H groups in total. The van der Waals surface area contributed by atoms with Gasteiger partial charge in [0, 0.05) is 11.1 Å². The maximum Gasteiger partial charge on any atom is 0.231 e. The highest BCUT2D eigenvalue weighted by atomic mass is 35.5. The zero-order chi connectivity index (χ0) is 15.0. The van der Waals surface area contributed by atoms with E-state index in [2.05, 4.69) is 15.5 Å². The van der Waals surface area contributed by atoms with E-state index in [9.17, 15) is 4.79 Å². The molecule has 1 fully saturated rings. The molecule has 21 heavy (non-hydrogen) atoms. The van der Waals surface area contributed by atoms with Crippen LogP contribution < -0.4 is 5.32 Å². The summed E-state index contributed by atoms with van der Waals surface area (Å²) in [6.07, 6.45) is 2.47. The number of aryl methyl sites for hydroxylation is 2. The Morgan fingerprint density at radius 3 is 2.86 bits per heavy atom. The normalized spacial score (nSPS) is 14.2. The summed E-state index contributed by atoms with van der Waals surface area (Å²) in [6, 6.07) is 6.13. The van der Waals surface area contributed by atoms with Crippen molar-refractivity contribution in [2.45, 2.75) is 39.2 Å². The van der Waals surface area contributed by atoms with E-state index in [0.717, 1.165) is 29.8 Å². The van der Waals surface area contributed by atoms with Gasteiger partial charge in [0.1, 0.15) is 5.82 Å². The maximum absolute atomic E-state index is 12.2. The van der Waals surface area contributed by atoms with E-state index in [1.165, 1.54) is 0 Å². The Morgan fingerprint density at radius 1 is 1.38 bits per heavy atom. The monoisotopic (exact) mass is 304 g/mol. The van der Waals surface area contributed by atoms with Crippen molar-refractivity contribution in [3.63, 3.8) is 0 Å². The van der Waals surface area contributed by atoms with Crippen molar-refractivity contribution in [1.82, 2.24) is 14.8 Å². The van der Waals surface area contributed by atoms with Gasteiger partial charge in [-0.3, -0.25) is 14.7 Å². The molecule has 1 amide bonds. The molecule has 0 atom stereocenters. The molecule has 1 aliphatic rings. The zero-order valence-corrected chi connectivity index (χ0v) is 12.8. The van der Waals surface area contributed by atoms with Gasteiger partial charge in [0.15, 0.2) is 0 Å². The molecule has 1 heterocycles. The Morgan fingerprint density at radius 2 is 2.14 bits per heavy atom. The number of carbonyl (C=O) groups is 1. The second-order valence-electron chi connectivity index (χ2n) is 5.44. The first-order chi connectivity index (χ1) is 10.1. The summed E-state index contributed by atoms with van der Waals surface area (Å²) in [7, 11) is 0. The summed E-state index contributed by atoms with van der Waals surface area (Å²) in [5.41, 5.74) is 1.79. The third-order valence-electron chi connectivity index (χ3n) is 3.65. The highest BCUT2D eigenvalue weighted by molar-refractivity contribution is 6.32. The molecule has 0 saturated heterocycles. The van der Waals surface area contributed by atoms with Crippen LogP contribution in [0.3, 0.4) is 0 Å². The minimum absolute atomic E-state index is 0.128. The summed E-state index contributed by atoms with van der Waals surface area (Å²) in [5.74, 6) is 1.24. The number of amides is 1. The molecule has 6 heteroatoms. The summed E-state index contributed by atoms with van der Waals surface area (Å²) in [4.78, 5) is 12.2. The van der Waals surface area contributed by atoms with Crippen LogP contribution in [0.15, 0.2) is 18.2 Å². The number of nitrogens with one attached hydrogen (secondary N) is 1. The summed E-state index contributed by atoms with van der Waals surface area (Å²) >= 11 is 6.22. The smallest absolute Gasteiger partial charge is 0.231 e. The standard InChI is InChI=1S/C15H17ClN4O/c1-9-4-3-5-11(14(9)16)8-13(21)17-15-19-18-10(2)20(15)12-6-7-12/h3-5,12H,6-8H2,1-2H3,(H,17,19,21). The first-order valence-corrected chi connectivity index (χ1v) is 7.39. The van der Waals surface area contributed by atoms with Gasteiger partial charge >= 0.3 is 0 Å². The predicted octanol–water partition coefficient (Wildman–Crippen LogP) is 3.06. The van der Waals surface area contributed by atoms with Crippen molar-refractivity contribution in [3.05, 3.63) is 40.2 Å². The van der Waals surface area contributed by atoms with E-state index in [-0.39, 0.29) is 12.3 Å². The molecule has 1 saturated carbocycles. The second-order valence-corrected chi connectivity index (χ2v) is 5.82. The topological polar surface area (TPSA) is 59.8 Å². The summed E-state index contributed by atoms with van der Waals surface area (Å²) in [5, 5.41) is 11.6. The van der Waals surface area contributed by atoms with Crippen molar-refractivity contribution < 1.29 is 4.79 Å². The zero-order valence-electron chi connectivity index (χ0n) is 12.1. The molecule has 5 nitrogen and oxygen atoms in total. The Kier molecular flexibility index (Phi) is 3.68. The highest BCUT2D eigenvalue weighted by Crippen LogP contribution is 2.37. The molecule has 1 aromatic heterocycles. The molecule has 2 aromatic rings. The van der Waals surface area contributed by atoms with Crippen LogP contribution in [0.4, 0.5) is 5.95 Å². The van der Waals surface area contributed by atoms with Crippen LogP contribution in [0, 0.1) is 13.8 Å². The van der Waals surface area contributed by atoms with Gasteiger partial charge in [-0.2, -0.15) is 0 Å². The molecular formula is C15H17ClN4O. The first-order valence-electron chi connectivity index (χ1n) is 7.01. The molecular weight excluding hydrogens is 288 g/mol. The fraction of sp³-hybridized carbons (Fsp3) is 0.400. The molecule has 3 rings (SSSR count). The largest absolute Gasteiger partial charge is 0.294 e. The summed E-state index contributed by atoms with van der Waals surface area (Å²) in [6.45, 7) is 3.83. The Labute approximate surface area is 128 Å². The minimum atomic E-state index is -0.128. The van der Waals surface area contributed by atoms with Crippen LogP contribution in [0.1, 0.15) is 35.8 Å². The van der Waals surface area contributed by atoms with E-state index in [0.29, 0.717) is 17.0 Å². The van der Waals surface area contributed by atoms with E-state index in [4.69, 9.17) is 11.6 Å². The number of hydrogen-bond acceptors (Lipinski definition) is 3. The lowest BCUT2D eigenvalue weighted by molar-refractivity contribution is -0.115. The lowest BCUT2D eigenvalue weighted by Gasteiger charge is -2.09. The lowest BCUT2D eigenvalue weighted by atomic mass is 10.1. The number of hydrogen-bond donors (Lipinski definition) is 1. The molecule has 0 aliphatic heterocycles. The third kappa shape index (κ3) is 2.93. The fourth-order valence-corrected chi connectivity index (χ4v) is 2.60. The molecule has 1 aromatic carbocycles.